The molecule has 168 valence electrons. The number of sulfonamides is 1. The van der Waals surface area contributed by atoms with Crippen molar-refractivity contribution in [1.82, 2.24) is 14.1 Å². The van der Waals surface area contributed by atoms with Crippen LogP contribution in [0.2, 0.25) is 4.34 Å². The van der Waals surface area contributed by atoms with Crippen molar-refractivity contribution in [2.24, 2.45) is 0 Å². The normalized spacial score (nSPS) is 23.7. The molecule has 1 amide bonds. The fourth-order valence-corrected chi connectivity index (χ4v) is 7.11. The van der Waals surface area contributed by atoms with Crippen LogP contribution in [0.3, 0.4) is 0 Å². The number of nitrogens with zero attached hydrogens (tertiary/aromatic N) is 3. The quantitative estimate of drug-likeness (QED) is 0.654. The number of carbonyl (C=O) groups is 1. The van der Waals surface area contributed by atoms with Gasteiger partial charge in [0.25, 0.3) is 10.0 Å². The Bertz CT molecular complexity index is 1010. The number of piperazine rings is 1. The number of carbonyl (C=O) groups excluding carboxylic acids is 1. The van der Waals surface area contributed by atoms with E-state index in [4.69, 9.17) is 16.3 Å². The summed E-state index contributed by atoms with van der Waals surface area (Å²) < 4.78 is 33.7. The molecule has 2 fully saturated rings. The molecule has 2 saturated heterocycles. The van der Waals surface area contributed by atoms with Crippen LogP contribution in [0.1, 0.15) is 18.6 Å². The molecular formula is C21H26ClN3O4S2. The van der Waals surface area contributed by atoms with Gasteiger partial charge in [-0.1, -0.05) is 41.9 Å². The SMILES string of the molecule is CC1CN(CC(=O)N2CCN(S(=O)(=O)c3ccc(Cl)s3)CC2)CC(c2ccccc2)O1. The Morgan fingerprint density at radius 1 is 1.10 bits per heavy atom. The minimum Gasteiger partial charge on any atom is -0.368 e. The molecule has 1 aromatic heterocycles. The molecule has 0 aliphatic carbocycles. The van der Waals surface area contributed by atoms with Crippen LogP contribution in [0.25, 0.3) is 0 Å². The first-order chi connectivity index (χ1) is 14.8. The van der Waals surface area contributed by atoms with Crippen molar-refractivity contribution in [3.63, 3.8) is 0 Å². The number of amides is 1. The second kappa shape index (κ2) is 9.56. The summed E-state index contributed by atoms with van der Waals surface area (Å²) >= 11 is 6.95. The van der Waals surface area contributed by atoms with Gasteiger partial charge in [-0.25, -0.2) is 8.42 Å². The van der Waals surface area contributed by atoms with E-state index in [2.05, 4.69) is 4.90 Å². The van der Waals surface area contributed by atoms with Gasteiger partial charge in [0.2, 0.25) is 5.91 Å². The highest BCUT2D eigenvalue weighted by atomic mass is 35.5. The largest absolute Gasteiger partial charge is 0.368 e. The fourth-order valence-electron chi connectivity index (χ4n) is 4.05. The van der Waals surface area contributed by atoms with Crippen LogP contribution < -0.4 is 0 Å². The zero-order chi connectivity index (χ0) is 22.0. The van der Waals surface area contributed by atoms with Crippen molar-refractivity contribution >= 4 is 38.9 Å². The number of ether oxygens (including phenoxy) is 1. The second-order valence-corrected chi connectivity index (χ2v) is 11.8. The summed E-state index contributed by atoms with van der Waals surface area (Å²) in [5.41, 5.74) is 1.11. The molecule has 1 aromatic carbocycles. The van der Waals surface area contributed by atoms with E-state index in [1.165, 1.54) is 10.4 Å². The number of hydrogen-bond donors (Lipinski definition) is 0. The molecule has 0 bridgehead atoms. The van der Waals surface area contributed by atoms with Crippen LogP contribution in [-0.2, 0) is 19.6 Å². The lowest BCUT2D eigenvalue weighted by molar-refractivity contribution is -0.137. The highest BCUT2D eigenvalue weighted by Gasteiger charge is 2.33. The molecule has 10 heteroatoms. The minimum absolute atomic E-state index is 0.0251. The lowest BCUT2D eigenvalue weighted by Gasteiger charge is -2.39. The van der Waals surface area contributed by atoms with E-state index in [-0.39, 0.29) is 35.4 Å². The van der Waals surface area contributed by atoms with Gasteiger partial charge in [0.15, 0.2) is 0 Å². The van der Waals surface area contributed by atoms with Gasteiger partial charge in [-0.2, -0.15) is 4.31 Å². The predicted octanol–water partition coefficient (Wildman–Crippen LogP) is 2.70. The molecule has 2 atom stereocenters. The average Bonchev–Trinajstić information content (AvgIpc) is 3.21. The Morgan fingerprint density at radius 3 is 2.45 bits per heavy atom. The van der Waals surface area contributed by atoms with Crippen LogP contribution in [0, 0.1) is 0 Å². The van der Waals surface area contributed by atoms with E-state index in [0.717, 1.165) is 16.9 Å². The molecule has 0 saturated carbocycles. The maximum atomic E-state index is 12.9. The molecule has 2 aliphatic rings. The molecule has 7 nitrogen and oxygen atoms in total. The van der Waals surface area contributed by atoms with E-state index >= 15 is 0 Å². The summed E-state index contributed by atoms with van der Waals surface area (Å²) in [4.78, 5) is 16.8. The summed E-state index contributed by atoms with van der Waals surface area (Å²) in [5.74, 6) is 0.0251. The number of thiophene rings is 1. The zero-order valence-corrected chi connectivity index (χ0v) is 19.7. The molecule has 0 N–H and O–H groups in total. The maximum absolute atomic E-state index is 12.9. The van der Waals surface area contributed by atoms with Crippen molar-refractivity contribution in [1.29, 1.82) is 0 Å². The molecule has 0 spiro atoms. The number of rotatable bonds is 5. The van der Waals surface area contributed by atoms with Gasteiger partial charge < -0.3 is 9.64 Å². The van der Waals surface area contributed by atoms with E-state index in [1.807, 2.05) is 37.3 Å². The number of benzene rings is 1. The van der Waals surface area contributed by atoms with Crippen molar-refractivity contribution in [3.05, 3.63) is 52.4 Å². The molecule has 2 unspecified atom stereocenters. The monoisotopic (exact) mass is 483 g/mol. The molecular weight excluding hydrogens is 458 g/mol. The van der Waals surface area contributed by atoms with E-state index in [0.29, 0.717) is 37.1 Å². The minimum atomic E-state index is -3.56. The summed E-state index contributed by atoms with van der Waals surface area (Å²) in [6, 6.07) is 13.2. The first-order valence-corrected chi connectivity index (χ1v) is 12.9. The van der Waals surface area contributed by atoms with Crippen molar-refractivity contribution < 1.29 is 17.9 Å². The van der Waals surface area contributed by atoms with Gasteiger partial charge in [-0.15, -0.1) is 11.3 Å². The molecule has 31 heavy (non-hydrogen) atoms. The molecule has 2 aliphatic heterocycles. The van der Waals surface area contributed by atoms with Gasteiger partial charge in [0.05, 0.1) is 23.1 Å². The smallest absolute Gasteiger partial charge is 0.252 e. The zero-order valence-electron chi connectivity index (χ0n) is 17.3. The first kappa shape index (κ1) is 22.7. The highest BCUT2D eigenvalue weighted by molar-refractivity contribution is 7.91. The van der Waals surface area contributed by atoms with Crippen LogP contribution in [0.15, 0.2) is 46.7 Å². The molecule has 3 heterocycles. The van der Waals surface area contributed by atoms with E-state index < -0.39 is 10.0 Å². The van der Waals surface area contributed by atoms with Gasteiger partial charge in [-0.3, -0.25) is 9.69 Å². The topological polar surface area (TPSA) is 70.2 Å². The Hall–Kier alpha value is -1.49. The van der Waals surface area contributed by atoms with Gasteiger partial charge in [0.1, 0.15) is 4.21 Å². The number of morpholine rings is 1. The third-order valence-corrected chi connectivity index (χ3v) is 9.20. The summed E-state index contributed by atoms with van der Waals surface area (Å²) in [6.07, 6.45) is -0.0243. The van der Waals surface area contributed by atoms with Crippen LogP contribution >= 0.6 is 22.9 Å². The van der Waals surface area contributed by atoms with E-state index in [1.54, 1.807) is 11.0 Å². The Labute approximate surface area is 192 Å². The predicted molar refractivity (Wildman–Crippen MR) is 121 cm³/mol. The maximum Gasteiger partial charge on any atom is 0.252 e. The Balaban J connectivity index is 1.32. The summed E-state index contributed by atoms with van der Waals surface area (Å²) in [6.45, 7) is 5.04. The molecule has 4 rings (SSSR count). The van der Waals surface area contributed by atoms with Crippen LogP contribution in [0.5, 0.6) is 0 Å². The standard InChI is InChI=1S/C21H26ClN3O4S2/c1-16-13-23(14-18(29-16)17-5-3-2-4-6-17)15-20(26)24-9-11-25(12-10-24)31(27,28)21-8-7-19(22)30-21/h2-8,16,18H,9-15H2,1H3. The van der Waals surface area contributed by atoms with Crippen LogP contribution in [-0.4, -0.2) is 80.3 Å². The molecule has 0 radical (unpaired) electrons. The van der Waals surface area contributed by atoms with Crippen LogP contribution in [0.4, 0.5) is 0 Å². The Kier molecular flexibility index (Phi) is 7.00. The third-order valence-electron chi connectivity index (χ3n) is 5.60. The Morgan fingerprint density at radius 2 is 1.81 bits per heavy atom. The first-order valence-electron chi connectivity index (χ1n) is 10.3. The van der Waals surface area contributed by atoms with Crippen molar-refractivity contribution in [2.45, 2.75) is 23.3 Å². The molecule has 2 aromatic rings. The fraction of sp³-hybridized carbons (Fsp3) is 0.476. The lowest BCUT2D eigenvalue weighted by Crippen LogP contribution is -2.54. The lowest BCUT2D eigenvalue weighted by atomic mass is 10.1. The van der Waals surface area contributed by atoms with Crippen molar-refractivity contribution in [2.75, 3.05) is 45.8 Å². The van der Waals surface area contributed by atoms with Gasteiger partial charge >= 0.3 is 0 Å². The summed E-state index contributed by atoms with van der Waals surface area (Å²) in [7, 11) is -3.56. The average molecular weight is 484 g/mol. The highest BCUT2D eigenvalue weighted by Crippen LogP contribution is 2.29. The van der Waals surface area contributed by atoms with Gasteiger partial charge in [0, 0.05) is 39.3 Å². The number of hydrogen-bond acceptors (Lipinski definition) is 6. The second-order valence-electron chi connectivity index (χ2n) is 7.88. The van der Waals surface area contributed by atoms with Crippen molar-refractivity contribution in [3.8, 4) is 0 Å². The van der Waals surface area contributed by atoms with Gasteiger partial charge in [-0.05, 0) is 24.6 Å². The summed E-state index contributed by atoms with van der Waals surface area (Å²) in [5, 5.41) is 0. The van der Waals surface area contributed by atoms with E-state index in [9.17, 15) is 13.2 Å². The third kappa shape index (κ3) is 5.30. The number of halogens is 1.